The first-order valence-electron chi connectivity index (χ1n) is 9.48. The molecule has 2 nitrogen and oxygen atoms in total. The zero-order valence-electron chi connectivity index (χ0n) is 17.0. The Balaban J connectivity index is 1.68. The second-order valence-electron chi connectivity index (χ2n) is 8.13. The highest BCUT2D eigenvalue weighted by molar-refractivity contribution is 5.95. The van der Waals surface area contributed by atoms with Crippen LogP contribution >= 0.6 is 0 Å². The maximum atomic E-state index is 8.27. The largest absolute Gasteiger partial charge is 0.439 e. The van der Waals surface area contributed by atoms with Crippen molar-refractivity contribution in [1.82, 2.24) is 0 Å². The summed E-state index contributed by atoms with van der Waals surface area (Å²) in [6, 6.07) is 24.4. The van der Waals surface area contributed by atoms with E-state index < -0.39 is 0 Å². The molecular weight excluding hydrogens is 342 g/mol. The summed E-state index contributed by atoms with van der Waals surface area (Å²) in [7, 11) is 0. The minimum Gasteiger partial charge on any atom is -0.439 e. The molecule has 0 unspecified atom stereocenters. The van der Waals surface area contributed by atoms with Crippen molar-refractivity contribution in [3.05, 3.63) is 102 Å². The molecule has 0 saturated carbocycles. The molecule has 0 radical (unpaired) electrons. The van der Waals surface area contributed by atoms with Gasteiger partial charge < -0.3 is 4.74 Å². The topological polar surface area (TPSA) is 33.1 Å². The summed E-state index contributed by atoms with van der Waals surface area (Å²) in [6.07, 6.45) is 0. The predicted molar refractivity (Wildman–Crippen MR) is 119 cm³/mol. The normalized spacial score (nSPS) is 11.1. The SMILES string of the molecule is C=C(OC(=N)c1ccc(-c2ccc(C)cc2)cc1)c1ccc(C(C)(C)C)cc1. The first-order chi connectivity index (χ1) is 13.2. The predicted octanol–water partition coefficient (Wildman–Crippen LogP) is 6.97. The molecule has 0 bridgehead atoms. The second-order valence-corrected chi connectivity index (χ2v) is 8.13. The summed E-state index contributed by atoms with van der Waals surface area (Å²) in [4.78, 5) is 0. The summed E-state index contributed by atoms with van der Waals surface area (Å²) in [5.41, 5.74) is 6.49. The Labute approximate surface area is 168 Å². The van der Waals surface area contributed by atoms with Crippen molar-refractivity contribution in [2.45, 2.75) is 33.1 Å². The van der Waals surface area contributed by atoms with Crippen LogP contribution in [0.5, 0.6) is 0 Å². The van der Waals surface area contributed by atoms with E-state index in [0.717, 1.165) is 22.3 Å². The van der Waals surface area contributed by atoms with E-state index in [0.29, 0.717) is 5.76 Å². The second kappa shape index (κ2) is 7.85. The molecule has 3 aromatic rings. The third-order valence-electron chi connectivity index (χ3n) is 4.83. The van der Waals surface area contributed by atoms with E-state index in [1.807, 2.05) is 36.4 Å². The molecule has 0 aliphatic heterocycles. The van der Waals surface area contributed by atoms with E-state index in [-0.39, 0.29) is 11.3 Å². The van der Waals surface area contributed by atoms with Gasteiger partial charge in [0.2, 0.25) is 5.90 Å². The lowest BCUT2D eigenvalue weighted by atomic mass is 9.86. The fraction of sp³-hybridized carbons (Fsp3) is 0.192. The van der Waals surface area contributed by atoms with Crippen molar-refractivity contribution in [3.63, 3.8) is 0 Å². The molecule has 0 aliphatic rings. The Kier molecular flexibility index (Phi) is 5.51. The molecule has 0 amide bonds. The van der Waals surface area contributed by atoms with Gasteiger partial charge in [-0.3, -0.25) is 5.41 Å². The Hall–Kier alpha value is -3.13. The zero-order chi connectivity index (χ0) is 20.3. The van der Waals surface area contributed by atoms with E-state index in [4.69, 9.17) is 10.1 Å². The minimum absolute atomic E-state index is 0.0976. The van der Waals surface area contributed by atoms with Crippen molar-refractivity contribution in [1.29, 1.82) is 5.41 Å². The molecule has 0 aliphatic carbocycles. The fourth-order valence-corrected chi connectivity index (χ4v) is 2.96. The molecule has 3 rings (SSSR count). The van der Waals surface area contributed by atoms with Crippen molar-refractivity contribution in [2.24, 2.45) is 0 Å². The molecule has 1 N–H and O–H groups in total. The van der Waals surface area contributed by atoms with Crippen LogP contribution in [-0.4, -0.2) is 5.90 Å². The first kappa shape index (κ1) is 19.6. The first-order valence-corrected chi connectivity index (χ1v) is 9.48. The number of ether oxygens (including phenoxy) is 1. The van der Waals surface area contributed by atoms with E-state index in [9.17, 15) is 0 Å². The Morgan fingerprint density at radius 1 is 0.750 bits per heavy atom. The lowest BCUT2D eigenvalue weighted by Gasteiger charge is -2.19. The van der Waals surface area contributed by atoms with Gasteiger partial charge in [0, 0.05) is 11.1 Å². The summed E-state index contributed by atoms with van der Waals surface area (Å²) in [5.74, 6) is 0.577. The van der Waals surface area contributed by atoms with Crippen LogP contribution in [0.1, 0.15) is 43.0 Å². The highest BCUT2D eigenvalue weighted by atomic mass is 16.5. The monoisotopic (exact) mass is 369 g/mol. The number of hydrogen-bond acceptors (Lipinski definition) is 2. The van der Waals surface area contributed by atoms with E-state index >= 15 is 0 Å². The minimum atomic E-state index is 0.0976. The van der Waals surface area contributed by atoms with Crippen molar-refractivity contribution in [3.8, 4) is 11.1 Å². The summed E-state index contributed by atoms with van der Waals surface area (Å²) in [5, 5.41) is 8.27. The summed E-state index contributed by atoms with van der Waals surface area (Å²) in [6.45, 7) is 12.6. The maximum absolute atomic E-state index is 8.27. The molecule has 0 spiro atoms. The molecule has 0 fully saturated rings. The van der Waals surface area contributed by atoms with Gasteiger partial charge in [-0.2, -0.15) is 0 Å². The number of aryl methyl sites for hydroxylation is 1. The van der Waals surface area contributed by atoms with Crippen LogP contribution in [0, 0.1) is 12.3 Å². The van der Waals surface area contributed by atoms with Crippen LogP contribution in [-0.2, 0) is 10.2 Å². The molecule has 0 aromatic heterocycles. The third kappa shape index (κ3) is 4.58. The van der Waals surface area contributed by atoms with Crippen LogP contribution in [0.4, 0.5) is 0 Å². The van der Waals surface area contributed by atoms with Gasteiger partial charge in [0.15, 0.2) is 0 Å². The summed E-state index contributed by atoms with van der Waals surface area (Å²) < 4.78 is 5.70. The van der Waals surface area contributed by atoms with Crippen LogP contribution in [0.25, 0.3) is 16.9 Å². The van der Waals surface area contributed by atoms with Crippen LogP contribution in [0.3, 0.4) is 0 Å². The van der Waals surface area contributed by atoms with Gasteiger partial charge in [-0.05, 0) is 41.2 Å². The Morgan fingerprint density at radius 3 is 1.71 bits per heavy atom. The molecule has 28 heavy (non-hydrogen) atoms. The maximum Gasteiger partial charge on any atom is 0.219 e. The molecule has 0 saturated heterocycles. The van der Waals surface area contributed by atoms with E-state index in [1.165, 1.54) is 11.1 Å². The molecule has 2 heteroatoms. The zero-order valence-corrected chi connectivity index (χ0v) is 17.0. The standard InChI is InChI=1S/C26H27NO/c1-18-6-8-21(9-7-18)22-10-12-23(13-11-22)25(27)28-19(2)20-14-16-24(17-15-20)26(3,4)5/h6-17,27H,2H2,1,3-5H3. The van der Waals surface area contributed by atoms with Gasteiger partial charge in [-0.25, -0.2) is 0 Å². The fourth-order valence-electron chi connectivity index (χ4n) is 2.96. The van der Waals surface area contributed by atoms with Gasteiger partial charge in [0.1, 0.15) is 5.76 Å². The molecule has 0 atom stereocenters. The average molecular weight is 370 g/mol. The quantitative estimate of drug-likeness (QED) is 0.300. The van der Waals surface area contributed by atoms with Gasteiger partial charge >= 0.3 is 0 Å². The smallest absolute Gasteiger partial charge is 0.219 e. The van der Waals surface area contributed by atoms with Crippen LogP contribution < -0.4 is 0 Å². The highest BCUT2D eigenvalue weighted by Crippen LogP contribution is 2.25. The van der Waals surface area contributed by atoms with Gasteiger partial charge in [0.25, 0.3) is 0 Å². The van der Waals surface area contributed by atoms with Crippen LogP contribution in [0.15, 0.2) is 79.4 Å². The molecule has 3 aromatic carbocycles. The molecular formula is C26H27NO. The Morgan fingerprint density at radius 2 is 1.21 bits per heavy atom. The van der Waals surface area contributed by atoms with Crippen molar-refractivity contribution < 1.29 is 4.74 Å². The van der Waals surface area contributed by atoms with Gasteiger partial charge in [0.05, 0.1) is 0 Å². The number of benzene rings is 3. The lowest BCUT2D eigenvalue weighted by Crippen LogP contribution is -2.11. The average Bonchev–Trinajstić information content (AvgIpc) is 2.68. The number of hydrogen-bond donors (Lipinski definition) is 1. The number of nitrogens with one attached hydrogen (secondary N) is 1. The van der Waals surface area contributed by atoms with Gasteiger partial charge in [-0.1, -0.05) is 93.6 Å². The molecule has 142 valence electrons. The van der Waals surface area contributed by atoms with Crippen molar-refractivity contribution in [2.75, 3.05) is 0 Å². The van der Waals surface area contributed by atoms with E-state index in [2.05, 4.69) is 70.7 Å². The van der Waals surface area contributed by atoms with Crippen LogP contribution in [0.2, 0.25) is 0 Å². The summed E-state index contributed by atoms with van der Waals surface area (Å²) >= 11 is 0. The van der Waals surface area contributed by atoms with E-state index in [1.54, 1.807) is 0 Å². The van der Waals surface area contributed by atoms with Gasteiger partial charge in [-0.15, -0.1) is 0 Å². The number of rotatable bonds is 4. The highest BCUT2D eigenvalue weighted by Gasteiger charge is 2.14. The third-order valence-corrected chi connectivity index (χ3v) is 4.83. The lowest BCUT2D eigenvalue weighted by molar-refractivity contribution is 0.506. The van der Waals surface area contributed by atoms with Crippen molar-refractivity contribution >= 4 is 11.7 Å². The Bertz CT molecular complexity index is 973. The molecule has 0 heterocycles.